The van der Waals surface area contributed by atoms with Crippen molar-refractivity contribution in [3.05, 3.63) is 128 Å². The number of aliphatic imine (C=N–C) groups is 1. The van der Waals surface area contributed by atoms with Crippen molar-refractivity contribution in [1.82, 2.24) is 10.2 Å². The molecule has 9 nitrogen and oxygen atoms in total. The van der Waals surface area contributed by atoms with E-state index < -0.39 is 16.9 Å². The van der Waals surface area contributed by atoms with E-state index in [-0.39, 0.29) is 30.7 Å². The first-order chi connectivity index (χ1) is 19.9. The number of rotatable bonds is 9. The highest BCUT2D eigenvalue weighted by Gasteiger charge is 2.42. The third-order valence-electron chi connectivity index (χ3n) is 6.79. The second-order valence-corrected chi connectivity index (χ2v) is 10.3. The fraction of sp³-hybridized carbons (Fsp3) is 0.194. The minimum absolute atomic E-state index is 0.0451. The first kappa shape index (κ1) is 27.9. The van der Waals surface area contributed by atoms with Crippen LogP contribution in [0, 0.1) is 10.1 Å². The van der Waals surface area contributed by atoms with Crippen LogP contribution in [-0.2, 0) is 14.3 Å². The summed E-state index contributed by atoms with van der Waals surface area (Å²) in [5.41, 5.74) is 3.70. The van der Waals surface area contributed by atoms with Gasteiger partial charge in [-0.05, 0) is 42.5 Å². The van der Waals surface area contributed by atoms with Gasteiger partial charge < -0.3 is 15.0 Å². The number of hydrogen-bond acceptors (Lipinski definition) is 8. The van der Waals surface area contributed by atoms with E-state index in [4.69, 9.17) is 9.73 Å². The average Bonchev–Trinajstić information content (AvgIpc) is 3.39. The van der Waals surface area contributed by atoms with Gasteiger partial charge in [0.05, 0.1) is 41.3 Å². The zero-order chi connectivity index (χ0) is 28.9. The van der Waals surface area contributed by atoms with Crippen LogP contribution in [0.2, 0.25) is 0 Å². The Morgan fingerprint density at radius 1 is 1.05 bits per heavy atom. The van der Waals surface area contributed by atoms with E-state index in [0.29, 0.717) is 27.7 Å². The van der Waals surface area contributed by atoms with Crippen LogP contribution >= 0.6 is 11.8 Å². The molecule has 2 aliphatic heterocycles. The molecule has 2 atom stereocenters. The number of amidine groups is 1. The number of esters is 1. The summed E-state index contributed by atoms with van der Waals surface area (Å²) >= 11 is 1.36. The smallest absolute Gasteiger partial charge is 0.338 e. The summed E-state index contributed by atoms with van der Waals surface area (Å²) in [7, 11) is 0. The molecule has 2 heterocycles. The number of carbonyl (C=O) groups excluding carboxylic acids is 2. The van der Waals surface area contributed by atoms with Gasteiger partial charge in [-0.2, -0.15) is 0 Å². The first-order valence-corrected chi connectivity index (χ1v) is 14.0. The molecule has 41 heavy (non-hydrogen) atoms. The van der Waals surface area contributed by atoms with Crippen LogP contribution in [0.3, 0.4) is 0 Å². The molecule has 0 saturated heterocycles. The van der Waals surface area contributed by atoms with E-state index in [1.807, 2.05) is 77.9 Å². The van der Waals surface area contributed by atoms with Crippen LogP contribution in [0.5, 0.6) is 0 Å². The van der Waals surface area contributed by atoms with E-state index >= 15 is 0 Å². The Balaban J connectivity index is 1.55. The molecule has 2 unspecified atom stereocenters. The molecule has 10 heteroatoms. The summed E-state index contributed by atoms with van der Waals surface area (Å²) in [5.74, 6) is -0.733. The topological polar surface area (TPSA) is 114 Å². The molecule has 0 spiro atoms. The number of amides is 1. The Kier molecular flexibility index (Phi) is 8.30. The molecular weight excluding hydrogens is 540 g/mol. The number of fused-ring (bicyclic) bond motifs is 1. The van der Waals surface area contributed by atoms with Gasteiger partial charge in [0, 0.05) is 23.4 Å². The normalized spacial score (nSPS) is 16.8. The van der Waals surface area contributed by atoms with Gasteiger partial charge in [-0.3, -0.25) is 14.9 Å². The Bertz CT molecular complexity index is 1550. The molecule has 1 N–H and O–H groups in total. The summed E-state index contributed by atoms with van der Waals surface area (Å²) in [6.07, 6.45) is 0.0451. The second kappa shape index (κ2) is 12.2. The number of hydrogen-bond donors (Lipinski definition) is 1. The lowest BCUT2D eigenvalue weighted by atomic mass is 9.91. The Morgan fingerprint density at radius 2 is 1.71 bits per heavy atom. The van der Waals surface area contributed by atoms with Crippen molar-refractivity contribution in [1.29, 1.82) is 0 Å². The van der Waals surface area contributed by atoms with Crippen molar-refractivity contribution in [2.75, 3.05) is 6.61 Å². The number of benzene rings is 3. The van der Waals surface area contributed by atoms with Gasteiger partial charge in [0.25, 0.3) is 5.69 Å². The number of thioether (sulfide) groups is 1. The Morgan fingerprint density at radius 3 is 2.34 bits per heavy atom. The standard InChI is InChI=1S/C31H28N4O5S/c1-3-40-30(37)27-28(22-12-8-5-9-13-22)33-31-34(29(27)23-14-16-24(17-15-23)35(38)39)25(19-41-31)18-26(36)32-20(2)21-10-6-4-7-11-21/h4-17,19-20,29H,3,18H2,1-2H3,(H,32,36). The lowest BCUT2D eigenvalue weighted by Gasteiger charge is -2.36. The Labute approximate surface area is 241 Å². The van der Waals surface area contributed by atoms with E-state index in [9.17, 15) is 19.7 Å². The lowest BCUT2D eigenvalue weighted by Crippen LogP contribution is -2.38. The summed E-state index contributed by atoms with van der Waals surface area (Å²) in [6.45, 7) is 3.81. The molecule has 0 fully saturated rings. The predicted molar refractivity (Wildman–Crippen MR) is 158 cm³/mol. The van der Waals surface area contributed by atoms with Crippen LogP contribution in [-0.4, -0.2) is 33.5 Å². The van der Waals surface area contributed by atoms with Gasteiger partial charge >= 0.3 is 5.97 Å². The third kappa shape index (κ3) is 5.92. The maximum atomic E-state index is 13.6. The number of non-ortho nitro benzene ring substituents is 1. The maximum Gasteiger partial charge on any atom is 0.338 e. The minimum Gasteiger partial charge on any atom is -0.463 e. The lowest BCUT2D eigenvalue weighted by molar-refractivity contribution is -0.384. The number of nitro benzene ring substituents is 1. The van der Waals surface area contributed by atoms with Crippen molar-refractivity contribution >= 4 is 40.2 Å². The molecule has 5 rings (SSSR count). The van der Waals surface area contributed by atoms with Crippen LogP contribution in [0.4, 0.5) is 5.69 Å². The molecule has 3 aromatic rings. The van der Waals surface area contributed by atoms with Crippen LogP contribution in [0.25, 0.3) is 5.70 Å². The quantitative estimate of drug-likeness (QED) is 0.187. The van der Waals surface area contributed by atoms with E-state index in [1.165, 1.54) is 23.9 Å². The average molecular weight is 569 g/mol. The number of nitro groups is 1. The predicted octanol–water partition coefficient (Wildman–Crippen LogP) is 6.14. The molecule has 208 valence electrons. The number of carbonyl (C=O) groups is 2. The number of nitrogens with one attached hydrogen (secondary N) is 1. The highest BCUT2D eigenvalue weighted by molar-refractivity contribution is 8.16. The zero-order valence-electron chi connectivity index (χ0n) is 22.5. The highest BCUT2D eigenvalue weighted by atomic mass is 32.2. The molecular formula is C31H28N4O5S. The van der Waals surface area contributed by atoms with Gasteiger partial charge in [0.1, 0.15) is 0 Å². The van der Waals surface area contributed by atoms with Gasteiger partial charge in [-0.25, -0.2) is 9.79 Å². The van der Waals surface area contributed by atoms with Crippen molar-refractivity contribution < 1.29 is 19.2 Å². The van der Waals surface area contributed by atoms with Gasteiger partial charge in [-0.15, -0.1) is 0 Å². The minimum atomic E-state index is -0.724. The molecule has 0 saturated carbocycles. The molecule has 0 radical (unpaired) electrons. The van der Waals surface area contributed by atoms with E-state index in [1.54, 1.807) is 19.1 Å². The fourth-order valence-corrected chi connectivity index (χ4v) is 5.78. The second-order valence-electron chi connectivity index (χ2n) is 9.47. The van der Waals surface area contributed by atoms with Crippen molar-refractivity contribution in [2.24, 2.45) is 4.99 Å². The Hall–Kier alpha value is -4.70. The van der Waals surface area contributed by atoms with Crippen LogP contribution in [0.1, 0.15) is 49.0 Å². The van der Waals surface area contributed by atoms with Gasteiger partial charge in [0.2, 0.25) is 5.91 Å². The van der Waals surface area contributed by atoms with E-state index in [0.717, 1.165) is 11.1 Å². The summed E-state index contributed by atoms with van der Waals surface area (Å²) in [4.78, 5) is 44.4. The van der Waals surface area contributed by atoms with Gasteiger partial charge in [0.15, 0.2) is 5.17 Å². The SMILES string of the molecule is CCOC(=O)C1=C(c2ccccc2)N=C2SC=C(CC(=O)NC(C)c3ccccc3)N2C1c1ccc([N+](=O)[O-])cc1. The maximum absolute atomic E-state index is 13.6. The molecule has 0 aromatic heterocycles. The first-order valence-electron chi connectivity index (χ1n) is 13.2. The number of nitrogens with zero attached hydrogens (tertiary/aromatic N) is 3. The third-order valence-corrected chi connectivity index (χ3v) is 7.68. The van der Waals surface area contributed by atoms with Crippen molar-refractivity contribution in [2.45, 2.75) is 32.4 Å². The highest BCUT2D eigenvalue weighted by Crippen LogP contribution is 2.47. The van der Waals surface area contributed by atoms with Crippen molar-refractivity contribution in [3.63, 3.8) is 0 Å². The molecule has 3 aromatic carbocycles. The summed E-state index contributed by atoms with van der Waals surface area (Å²) in [5, 5.41) is 16.9. The fourth-order valence-electron chi connectivity index (χ4n) is 4.86. The number of ether oxygens (including phenoxy) is 1. The molecule has 1 amide bonds. The monoisotopic (exact) mass is 568 g/mol. The zero-order valence-corrected chi connectivity index (χ0v) is 23.3. The molecule has 0 bridgehead atoms. The van der Waals surface area contributed by atoms with Crippen LogP contribution < -0.4 is 5.32 Å². The summed E-state index contributed by atoms with van der Waals surface area (Å²) in [6, 6.07) is 24.2. The van der Waals surface area contributed by atoms with E-state index in [2.05, 4.69) is 5.32 Å². The van der Waals surface area contributed by atoms with Crippen LogP contribution in [0.15, 0.2) is 107 Å². The molecule has 2 aliphatic rings. The van der Waals surface area contributed by atoms with Gasteiger partial charge in [-0.1, -0.05) is 72.4 Å². The van der Waals surface area contributed by atoms with Crippen molar-refractivity contribution in [3.8, 4) is 0 Å². The largest absolute Gasteiger partial charge is 0.463 e. The molecule has 0 aliphatic carbocycles. The summed E-state index contributed by atoms with van der Waals surface area (Å²) < 4.78 is 5.51.